The smallest absolute Gasteiger partial charge is 0.330 e. The summed E-state index contributed by atoms with van der Waals surface area (Å²) in [5.41, 5.74) is -0.746. The Kier molecular flexibility index (Phi) is 9.44. The summed E-state index contributed by atoms with van der Waals surface area (Å²) < 4.78 is 32.8. The van der Waals surface area contributed by atoms with Gasteiger partial charge >= 0.3 is 5.97 Å². The van der Waals surface area contributed by atoms with E-state index in [1.54, 1.807) is 12.1 Å². The Morgan fingerprint density at radius 3 is 2.26 bits per heavy atom. The third kappa shape index (κ3) is 6.59. The number of aromatic hydroxyl groups is 4. The first-order valence-corrected chi connectivity index (χ1v) is 13.9. The van der Waals surface area contributed by atoms with Gasteiger partial charge in [-0.15, -0.1) is 0 Å². The Morgan fingerprint density at radius 2 is 1.57 bits per heavy atom. The minimum atomic E-state index is -1.95. The lowest BCUT2D eigenvalue weighted by molar-refractivity contribution is -0.278. The molecule has 1 fully saturated rings. The van der Waals surface area contributed by atoms with E-state index in [0.29, 0.717) is 5.56 Å². The number of aliphatic hydroxyl groups is 3. The number of fused-ring (bicyclic) bond motifs is 1. The quantitative estimate of drug-likeness (QED) is 0.101. The molecule has 1 aliphatic rings. The summed E-state index contributed by atoms with van der Waals surface area (Å²) in [5.74, 6) is -3.68. The largest absolute Gasteiger partial charge is 0.508 e. The molecule has 0 saturated carbocycles. The molecule has 1 saturated heterocycles. The van der Waals surface area contributed by atoms with E-state index < -0.39 is 71.3 Å². The van der Waals surface area contributed by atoms with Crippen LogP contribution in [0.4, 0.5) is 0 Å². The lowest BCUT2D eigenvalue weighted by Crippen LogP contribution is -2.60. The number of benzene rings is 3. The maximum Gasteiger partial charge on any atom is 0.330 e. The van der Waals surface area contributed by atoms with Gasteiger partial charge in [-0.1, -0.05) is 12.1 Å². The molecular weight excluding hydrogens is 624 g/mol. The van der Waals surface area contributed by atoms with E-state index in [4.69, 9.17) is 28.1 Å². The lowest BCUT2D eigenvalue weighted by atomic mass is 9.99. The predicted octanol–water partition coefficient (Wildman–Crippen LogP) is 1.74. The number of carbonyl (C=O) groups excluding carboxylic acids is 1. The first-order chi connectivity index (χ1) is 22.4. The van der Waals surface area contributed by atoms with Crippen LogP contribution < -0.4 is 19.6 Å². The highest BCUT2D eigenvalue weighted by Crippen LogP contribution is 2.44. The molecule has 5 atom stereocenters. The van der Waals surface area contributed by atoms with Crippen LogP contribution in [-0.2, 0) is 14.3 Å². The number of aliphatic hydroxyl groups excluding tert-OH is 3. The molecule has 47 heavy (non-hydrogen) atoms. The van der Waals surface area contributed by atoms with Gasteiger partial charge in [0.15, 0.2) is 28.6 Å². The molecule has 2 heterocycles. The normalized spacial score (nSPS) is 21.1. The zero-order valence-electron chi connectivity index (χ0n) is 24.8. The van der Waals surface area contributed by atoms with Gasteiger partial charge in [0.1, 0.15) is 47.9 Å². The summed E-state index contributed by atoms with van der Waals surface area (Å²) in [5, 5.41) is 71.8. The third-order valence-corrected chi connectivity index (χ3v) is 7.28. The molecule has 3 aromatic carbocycles. The van der Waals surface area contributed by atoms with Gasteiger partial charge in [-0.05, 0) is 42.0 Å². The van der Waals surface area contributed by atoms with Crippen molar-refractivity contribution in [2.75, 3.05) is 20.8 Å². The van der Waals surface area contributed by atoms with Crippen LogP contribution >= 0.6 is 0 Å². The minimum Gasteiger partial charge on any atom is -0.508 e. The van der Waals surface area contributed by atoms with E-state index >= 15 is 0 Å². The minimum absolute atomic E-state index is 0.0317. The van der Waals surface area contributed by atoms with Gasteiger partial charge in [0, 0.05) is 17.7 Å². The monoisotopic (exact) mass is 654 g/mol. The number of ether oxygens (including phenoxy) is 5. The summed E-state index contributed by atoms with van der Waals surface area (Å²) in [6, 6.07) is 10.6. The Labute approximate surface area is 265 Å². The third-order valence-electron chi connectivity index (χ3n) is 7.28. The summed E-state index contributed by atoms with van der Waals surface area (Å²) in [7, 11) is 2.47. The van der Waals surface area contributed by atoms with Crippen molar-refractivity contribution in [2.24, 2.45) is 0 Å². The number of hydrogen-bond acceptors (Lipinski definition) is 15. The highest BCUT2D eigenvalue weighted by Gasteiger charge is 2.46. The second-order valence-corrected chi connectivity index (χ2v) is 10.3. The van der Waals surface area contributed by atoms with Gasteiger partial charge in [0.05, 0.1) is 14.2 Å². The molecule has 0 spiro atoms. The number of rotatable bonds is 9. The fraction of sp³-hybridized carbons (Fsp3) is 0.250. The Morgan fingerprint density at radius 1 is 0.851 bits per heavy atom. The van der Waals surface area contributed by atoms with Crippen molar-refractivity contribution in [2.45, 2.75) is 30.7 Å². The molecule has 5 rings (SSSR count). The highest BCUT2D eigenvalue weighted by atomic mass is 16.7. The Bertz CT molecular complexity index is 1860. The molecule has 0 aliphatic carbocycles. The number of carbonyl (C=O) groups is 1. The van der Waals surface area contributed by atoms with Gasteiger partial charge in [-0.25, -0.2) is 4.79 Å². The van der Waals surface area contributed by atoms with Crippen LogP contribution in [0.2, 0.25) is 0 Å². The molecule has 0 unspecified atom stereocenters. The molecule has 7 N–H and O–H groups in total. The topological polar surface area (TPSA) is 235 Å². The van der Waals surface area contributed by atoms with Crippen LogP contribution in [0.1, 0.15) is 5.56 Å². The Hall–Kier alpha value is -5.48. The SMILES string of the molecule is COc1cc(-c2oc3c(OC)c(O)cc(O)c3c(=O)c2O[C@@H]2O[C@@H](COC(=O)/C=C/c3ccc(O)cc3)[C@@H](O)[C@H](O)[C@H]2O)ccc1O. The zero-order valence-corrected chi connectivity index (χ0v) is 24.8. The van der Waals surface area contributed by atoms with Gasteiger partial charge in [0.2, 0.25) is 23.2 Å². The zero-order chi connectivity index (χ0) is 34.0. The summed E-state index contributed by atoms with van der Waals surface area (Å²) >= 11 is 0. The maximum atomic E-state index is 13.9. The first kappa shape index (κ1) is 32.9. The van der Waals surface area contributed by atoms with Crippen molar-refractivity contribution < 1.29 is 68.6 Å². The fourth-order valence-corrected chi connectivity index (χ4v) is 4.84. The highest BCUT2D eigenvalue weighted by molar-refractivity contribution is 5.93. The van der Waals surface area contributed by atoms with Gasteiger partial charge in [0.25, 0.3) is 0 Å². The second kappa shape index (κ2) is 13.5. The van der Waals surface area contributed by atoms with Crippen molar-refractivity contribution in [3.63, 3.8) is 0 Å². The van der Waals surface area contributed by atoms with Crippen molar-refractivity contribution >= 4 is 23.0 Å². The molecule has 0 amide bonds. The van der Waals surface area contributed by atoms with E-state index in [1.165, 1.54) is 50.6 Å². The molecule has 15 heteroatoms. The average Bonchev–Trinajstić information content (AvgIpc) is 3.05. The molecule has 248 valence electrons. The van der Waals surface area contributed by atoms with E-state index in [2.05, 4.69) is 0 Å². The molecule has 0 bridgehead atoms. The van der Waals surface area contributed by atoms with E-state index in [1.807, 2.05) is 0 Å². The molecule has 1 aliphatic heterocycles. The first-order valence-electron chi connectivity index (χ1n) is 13.9. The number of methoxy groups -OCH3 is 2. The van der Waals surface area contributed by atoms with E-state index in [0.717, 1.165) is 12.1 Å². The van der Waals surface area contributed by atoms with Gasteiger partial charge in [-0.2, -0.15) is 0 Å². The van der Waals surface area contributed by atoms with E-state index in [9.17, 15) is 45.3 Å². The number of hydrogen-bond donors (Lipinski definition) is 7. The van der Waals surface area contributed by atoms with Crippen molar-refractivity contribution in [3.8, 4) is 51.6 Å². The average molecular weight is 655 g/mol. The summed E-state index contributed by atoms with van der Waals surface area (Å²) in [4.78, 5) is 26.2. The van der Waals surface area contributed by atoms with Crippen LogP contribution in [0.3, 0.4) is 0 Å². The summed E-state index contributed by atoms with van der Waals surface area (Å²) in [6.07, 6.45) is -6.45. The van der Waals surface area contributed by atoms with Crippen molar-refractivity contribution in [1.82, 2.24) is 0 Å². The Balaban J connectivity index is 1.49. The van der Waals surface area contributed by atoms with Crippen molar-refractivity contribution in [3.05, 3.63) is 70.4 Å². The molecule has 1 aromatic heterocycles. The number of esters is 1. The lowest BCUT2D eigenvalue weighted by Gasteiger charge is -2.39. The van der Waals surface area contributed by atoms with Crippen molar-refractivity contribution in [1.29, 1.82) is 0 Å². The van der Waals surface area contributed by atoms with Gasteiger partial charge in [-0.3, -0.25) is 4.79 Å². The second-order valence-electron chi connectivity index (χ2n) is 10.3. The van der Waals surface area contributed by atoms with E-state index in [-0.39, 0.29) is 39.9 Å². The van der Waals surface area contributed by atoms with Crippen LogP contribution in [0.15, 0.2) is 63.8 Å². The van der Waals surface area contributed by atoms with Gasteiger partial charge < -0.3 is 63.8 Å². The fourth-order valence-electron chi connectivity index (χ4n) is 4.84. The summed E-state index contributed by atoms with van der Waals surface area (Å²) in [6.45, 7) is -0.616. The molecular formula is C32H30O15. The maximum absolute atomic E-state index is 13.9. The van der Waals surface area contributed by atoms with Crippen LogP contribution in [-0.4, -0.2) is 93.2 Å². The molecule has 4 aromatic rings. The van der Waals surface area contributed by atoms with Crippen LogP contribution in [0.5, 0.6) is 40.2 Å². The number of phenols is 4. The predicted molar refractivity (Wildman–Crippen MR) is 161 cm³/mol. The van der Waals surface area contributed by atoms with Crippen LogP contribution in [0.25, 0.3) is 28.4 Å². The number of phenolic OH excluding ortho intramolecular Hbond substituents is 4. The molecule has 0 radical (unpaired) electrons. The standard InChI is InChI=1S/C32H30O15/c1-42-20-11-15(6-9-17(20)34)28-31(25(39)23-18(35)12-19(36)29(43-2)30(23)46-28)47-32-27(41)26(40)24(38)21(45-32)13-44-22(37)10-5-14-3-7-16(33)8-4-14/h3-12,21,24,26-27,32-36,38,40-41H,13H2,1-2H3/b10-5+/t21-,24+,26-,27+,32-/m0/s1. The molecule has 15 nitrogen and oxygen atoms in total. The van der Waals surface area contributed by atoms with Crippen LogP contribution in [0, 0.1) is 0 Å².